The highest BCUT2D eigenvalue weighted by Gasteiger charge is 2.27. The third-order valence-electron chi connectivity index (χ3n) is 7.14. The molecule has 1 fully saturated rings. The summed E-state index contributed by atoms with van der Waals surface area (Å²) in [6, 6.07) is 21.3. The predicted molar refractivity (Wildman–Crippen MR) is 141 cm³/mol. The Kier molecular flexibility index (Phi) is 6.14. The molecule has 0 aliphatic heterocycles. The maximum atomic E-state index is 13.1. The molecule has 2 N–H and O–H groups in total. The molecule has 1 aliphatic rings. The highest BCUT2D eigenvalue weighted by molar-refractivity contribution is 5.93. The fourth-order valence-corrected chi connectivity index (χ4v) is 5.18. The maximum absolute atomic E-state index is 13.1. The normalized spacial score (nSPS) is 17.6. The van der Waals surface area contributed by atoms with Gasteiger partial charge in [-0.2, -0.15) is 5.10 Å². The summed E-state index contributed by atoms with van der Waals surface area (Å²) >= 11 is 0. The lowest BCUT2D eigenvalue weighted by Gasteiger charge is -2.29. The Bertz CT molecular complexity index is 1620. The van der Waals surface area contributed by atoms with Gasteiger partial charge in [-0.3, -0.25) is 14.0 Å². The van der Waals surface area contributed by atoms with E-state index < -0.39 is 0 Å². The Hall–Kier alpha value is -4.46. The SMILES string of the molecule is O=C(NC1CCC(c2n[nH]c(=O)c3ccccc23)CC1)c1cnc2cc(OCc3ccccc3)ccn12. The van der Waals surface area contributed by atoms with E-state index in [0.29, 0.717) is 29.1 Å². The molecular weight excluding hydrogens is 466 g/mol. The Labute approximate surface area is 213 Å². The number of fused-ring (bicyclic) bond motifs is 2. The van der Waals surface area contributed by atoms with E-state index in [-0.39, 0.29) is 23.4 Å². The maximum Gasteiger partial charge on any atom is 0.272 e. The molecule has 3 aromatic heterocycles. The zero-order valence-electron chi connectivity index (χ0n) is 20.3. The fourth-order valence-electron chi connectivity index (χ4n) is 5.18. The number of hydrogen-bond acceptors (Lipinski definition) is 5. The van der Waals surface area contributed by atoms with Crippen LogP contribution >= 0.6 is 0 Å². The van der Waals surface area contributed by atoms with Crippen molar-refractivity contribution < 1.29 is 9.53 Å². The van der Waals surface area contributed by atoms with Crippen LogP contribution in [0.4, 0.5) is 0 Å². The second kappa shape index (κ2) is 9.89. The van der Waals surface area contributed by atoms with E-state index in [4.69, 9.17) is 4.74 Å². The summed E-state index contributed by atoms with van der Waals surface area (Å²) in [6.45, 7) is 0.470. The van der Waals surface area contributed by atoms with Gasteiger partial charge in [-0.1, -0.05) is 48.5 Å². The summed E-state index contributed by atoms with van der Waals surface area (Å²) < 4.78 is 7.68. The van der Waals surface area contributed by atoms with Gasteiger partial charge in [0.25, 0.3) is 11.5 Å². The molecule has 5 aromatic rings. The highest BCUT2D eigenvalue weighted by atomic mass is 16.5. The number of hydrogen-bond donors (Lipinski definition) is 2. The van der Waals surface area contributed by atoms with Crippen molar-refractivity contribution in [3.8, 4) is 5.75 Å². The zero-order chi connectivity index (χ0) is 25.2. The second-order valence-corrected chi connectivity index (χ2v) is 9.51. The van der Waals surface area contributed by atoms with Crippen molar-refractivity contribution >= 4 is 22.3 Å². The molecule has 0 spiro atoms. The van der Waals surface area contributed by atoms with E-state index >= 15 is 0 Å². The monoisotopic (exact) mass is 493 g/mol. The minimum Gasteiger partial charge on any atom is -0.489 e. The van der Waals surface area contributed by atoms with Gasteiger partial charge in [0.2, 0.25) is 0 Å². The van der Waals surface area contributed by atoms with E-state index in [1.807, 2.05) is 72.9 Å². The molecule has 8 nitrogen and oxygen atoms in total. The molecule has 1 saturated carbocycles. The molecule has 6 rings (SSSR count). The third kappa shape index (κ3) is 4.70. The second-order valence-electron chi connectivity index (χ2n) is 9.51. The molecule has 0 unspecified atom stereocenters. The van der Waals surface area contributed by atoms with E-state index in [0.717, 1.165) is 42.3 Å². The number of ether oxygens (including phenoxy) is 1. The Morgan fingerprint density at radius 1 is 1.00 bits per heavy atom. The van der Waals surface area contributed by atoms with E-state index in [1.165, 1.54) is 0 Å². The summed E-state index contributed by atoms with van der Waals surface area (Å²) in [5.41, 5.74) is 3.02. The summed E-state index contributed by atoms with van der Waals surface area (Å²) in [6.07, 6.45) is 6.90. The zero-order valence-corrected chi connectivity index (χ0v) is 20.3. The number of carbonyl (C=O) groups excluding carboxylic acids is 1. The van der Waals surface area contributed by atoms with E-state index in [9.17, 15) is 9.59 Å². The van der Waals surface area contributed by atoms with Gasteiger partial charge in [-0.05, 0) is 43.4 Å². The molecule has 186 valence electrons. The first-order valence-corrected chi connectivity index (χ1v) is 12.6. The average Bonchev–Trinajstić information content (AvgIpc) is 3.37. The number of pyridine rings is 1. The van der Waals surface area contributed by atoms with Crippen LogP contribution in [0.5, 0.6) is 5.75 Å². The number of carbonyl (C=O) groups is 1. The first kappa shape index (κ1) is 23.0. The van der Waals surface area contributed by atoms with Gasteiger partial charge in [0.15, 0.2) is 0 Å². The average molecular weight is 494 g/mol. The molecule has 3 heterocycles. The topological polar surface area (TPSA) is 101 Å². The lowest BCUT2D eigenvalue weighted by molar-refractivity contribution is 0.0919. The van der Waals surface area contributed by atoms with Crippen LogP contribution in [-0.2, 0) is 6.61 Å². The third-order valence-corrected chi connectivity index (χ3v) is 7.14. The van der Waals surface area contributed by atoms with Crippen LogP contribution in [0, 0.1) is 0 Å². The molecule has 1 aliphatic carbocycles. The number of H-pyrrole nitrogens is 1. The van der Waals surface area contributed by atoms with Crippen molar-refractivity contribution in [2.45, 2.75) is 44.2 Å². The lowest BCUT2D eigenvalue weighted by Crippen LogP contribution is -2.38. The molecule has 0 bridgehead atoms. The molecule has 2 aromatic carbocycles. The van der Waals surface area contributed by atoms with Gasteiger partial charge in [-0.15, -0.1) is 0 Å². The summed E-state index contributed by atoms with van der Waals surface area (Å²) in [5.74, 6) is 0.817. The standard InChI is InChI=1S/C29H27N5O3/c35-28-24-9-5-4-8-23(24)27(32-33-28)20-10-12-21(13-11-20)31-29(36)25-17-30-26-16-22(14-15-34(25)26)37-18-19-6-2-1-3-7-19/h1-9,14-17,20-21H,10-13,18H2,(H,31,36)(H,33,35). The van der Waals surface area contributed by atoms with Gasteiger partial charge in [0, 0.05) is 29.6 Å². The smallest absolute Gasteiger partial charge is 0.272 e. The highest BCUT2D eigenvalue weighted by Crippen LogP contribution is 2.34. The molecule has 0 radical (unpaired) electrons. The van der Waals surface area contributed by atoms with Gasteiger partial charge in [0.1, 0.15) is 23.7 Å². The number of benzene rings is 2. The fraction of sp³-hybridized carbons (Fsp3) is 0.241. The number of nitrogens with one attached hydrogen (secondary N) is 2. The van der Waals surface area contributed by atoms with Crippen molar-refractivity contribution in [2.24, 2.45) is 0 Å². The molecule has 1 amide bonds. The summed E-state index contributed by atoms with van der Waals surface area (Å²) in [7, 11) is 0. The molecule has 37 heavy (non-hydrogen) atoms. The van der Waals surface area contributed by atoms with Crippen molar-refractivity contribution in [3.05, 3.63) is 106 Å². The van der Waals surface area contributed by atoms with Crippen LogP contribution in [0.3, 0.4) is 0 Å². The van der Waals surface area contributed by atoms with Gasteiger partial charge in [0.05, 0.1) is 17.3 Å². The molecule has 0 atom stereocenters. The first-order chi connectivity index (χ1) is 18.2. The summed E-state index contributed by atoms with van der Waals surface area (Å²) in [5, 5.41) is 11.8. The minimum absolute atomic E-state index is 0.0804. The van der Waals surface area contributed by atoms with Gasteiger partial charge >= 0.3 is 0 Å². The number of amides is 1. The van der Waals surface area contributed by atoms with Crippen LogP contribution in [0.2, 0.25) is 0 Å². The number of imidazole rings is 1. The van der Waals surface area contributed by atoms with Gasteiger partial charge < -0.3 is 10.1 Å². The van der Waals surface area contributed by atoms with Crippen LogP contribution in [-0.4, -0.2) is 31.5 Å². The lowest BCUT2D eigenvalue weighted by atomic mass is 9.82. The van der Waals surface area contributed by atoms with Crippen LogP contribution < -0.4 is 15.6 Å². The Morgan fingerprint density at radius 2 is 1.76 bits per heavy atom. The number of nitrogens with zero attached hydrogens (tertiary/aromatic N) is 3. The number of aromatic amines is 1. The predicted octanol–water partition coefficient (Wildman–Crippen LogP) is 4.61. The van der Waals surface area contributed by atoms with Crippen LogP contribution in [0.25, 0.3) is 16.4 Å². The van der Waals surface area contributed by atoms with Crippen LogP contribution in [0.15, 0.2) is 83.9 Å². The van der Waals surface area contributed by atoms with Crippen molar-refractivity contribution in [3.63, 3.8) is 0 Å². The summed E-state index contributed by atoms with van der Waals surface area (Å²) in [4.78, 5) is 29.6. The van der Waals surface area contributed by atoms with Crippen molar-refractivity contribution in [1.82, 2.24) is 24.9 Å². The van der Waals surface area contributed by atoms with Crippen molar-refractivity contribution in [2.75, 3.05) is 0 Å². The minimum atomic E-state index is -0.164. The van der Waals surface area contributed by atoms with E-state index in [1.54, 1.807) is 10.6 Å². The van der Waals surface area contributed by atoms with E-state index in [2.05, 4.69) is 20.5 Å². The Morgan fingerprint density at radius 3 is 2.57 bits per heavy atom. The quantitative estimate of drug-likeness (QED) is 0.360. The van der Waals surface area contributed by atoms with Crippen molar-refractivity contribution in [1.29, 1.82) is 0 Å². The molecule has 8 heteroatoms. The number of aromatic nitrogens is 4. The van der Waals surface area contributed by atoms with Crippen LogP contribution in [0.1, 0.15) is 53.3 Å². The Balaban J connectivity index is 1.09. The largest absolute Gasteiger partial charge is 0.489 e. The van der Waals surface area contributed by atoms with Gasteiger partial charge in [-0.25, -0.2) is 10.1 Å². The first-order valence-electron chi connectivity index (χ1n) is 12.6. The molecule has 0 saturated heterocycles. The number of rotatable bonds is 6. The molecular formula is C29H27N5O3.